The summed E-state index contributed by atoms with van der Waals surface area (Å²) in [7, 11) is 0. The Labute approximate surface area is 260 Å². The number of hydrogen-bond donors (Lipinski definition) is 2. The average molecular weight is 657 g/mol. The molecule has 4 aromatic carbocycles. The molecule has 0 spiro atoms. The fraction of sp³-hybridized carbons (Fsp3) is 0.0625. The maximum Gasteiger partial charge on any atom is 0.336 e. The molecule has 0 aromatic heterocycles. The van der Waals surface area contributed by atoms with Crippen LogP contribution in [0.15, 0.2) is 107 Å². The first-order valence-corrected chi connectivity index (χ1v) is 13.9. The van der Waals surface area contributed by atoms with Crippen molar-refractivity contribution >= 4 is 57.4 Å². The molecule has 11 nitrogen and oxygen atoms in total. The molecule has 0 aliphatic rings. The van der Waals surface area contributed by atoms with E-state index in [2.05, 4.69) is 31.8 Å². The third-order valence-corrected chi connectivity index (χ3v) is 6.39. The van der Waals surface area contributed by atoms with Crippen LogP contribution in [0.3, 0.4) is 0 Å². The van der Waals surface area contributed by atoms with Crippen molar-refractivity contribution in [3.63, 3.8) is 0 Å². The van der Waals surface area contributed by atoms with E-state index in [1.165, 1.54) is 54.8 Å². The maximum atomic E-state index is 12.7. The molecule has 0 fully saturated rings. The summed E-state index contributed by atoms with van der Waals surface area (Å²) in [6.45, 7) is 2.08. The van der Waals surface area contributed by atoms with E-state index in [4.69, 9.17) is 9.47 Å². The number of amides is 2. The second-order valence-corrected chi connectivity index (χ2v) is 9.90. The summed E-state index contributed by atoms with van der Waals surface area (Å²) in [5.41, 5.74) is 4.74. The van der Waals surface area contributed by atoms with Gasteiger partial charge in [-0.15, -0.1) is 0 Å². The van der Waals surface area contributed by atoms with Crippen molar-refractivity contribution in [3.8, 4) is 11.5 Å². The number of esters is 1. The van der Waals surface area contributed by atoms with Crippen molar-refractivity contribution in [1.82, 2.24) is 5.43 Å². The van der Waals surface area contributed by atoms with Gasteiger partial charge in [0, 0.05) is 39.5 Å². The SMILES string of the molecule is CCOc1cc(C=NNC(=O)c2cccc(NC(=O)c3ccc(Br)cc3)c2)ccc1OC(=O)/C=C/c1ccc([N+](=O)[O-])cc1. The van der Waals surface area contributed by atoms with Crippen LogP contribution in [0.4, 0.5) is 11.4 Å². The lowest BCUT2D eigenvalue weighted by molar-refractivity contribution is -0.384. The molecule has 0 saturated carbocycles. The first kappa shape index (κ1) is 31.3. The molecule has 4 aromatic rings. The Balaban J connectivity index is 1.36. The molecule has 4 rings (SSSR count). The second kappa shape index (κ2) is 15.0. The third-order valence-electron chi connectivity index (χ3n) is 5.86. The van der Waals surface area contributed by atoms with Crippen LogP contribution in [0, 0.1) is 10.1 Å². The van der Waals surface area contributed by atoms with Gasteiger partial charge in [-0.25, -0.2) is 10.2 Å². The lowest BCUT2D eigenvalue weighted by Crippen LogP contribution is -2.18. The van der Waals surface area contributed by atoms with Crippen LogP contribution >= 0.6 is 15.9 Å². The number of ether oxygens (including phenoxy) is 2. The summed E-state index contributed by atoms with van der Waals surface area (Å²) in [5, 5.41) is 17.6. The summed E-state index contributed by atoms with van der Waals surface area (Å²) in [6.07, 6.45) is 4.07. The van der Waals surface area contributed by atoms with Crippen molar-refractivity contribution in [2.45, 2.75) is 6.92 Å². The van der Waals surface area contributed by atoms with Gasteiger partial charge in [-0.05, 0) is 96.9 Å². The van der Waals surface area contributed by atoms with Gasteiger partial charge in [-0.3, -0.25) is 19.7 Å². The zero-order chi connectivity index (χ0) is 31.5. The summed E-state index contributed by atoms with van der Waals surface area (Å²) >= 11 is 3.33. The molecule has 0 aliphatic carbocycles. The molecule has 0 unspecified atom stereocenters. The van der Waals surface area contributed by atoms with Gasteiger partial charge in [0.25, 0.3) is 17.5 Å². The van der Waals surface area contributed by atoms with Crippen molar-refractivity contribution in [2.24, 2.45) is 5.10 Å². The molecular weight excluding hydrogens is 632 g/mol. The number of nitrogens with zero attached hydrogens (tertiary/aromatic N) is 2. The van der Waals surface area contributed by atoms with E-state index in [1.807, 2.05) is 0 Å². The predicted octanol–water partition coefficient (Wildman–Crippen LogP) is 6.39. The predicted molar refractivity (Wildman–Crippen MR) is 169 cm³/mol. The Morgan fingerprint density at radius 1 is 0.886 bits per heavy atom. The molecule has 2 amide bonds. The summed E-state index contributed by atoms with van der Waals surface area (Å²) in [4.78, 5) is 47.8. The third kappa shape index (κ3) is 8.94. The Kier molecular flexibility index (Phi) is 10.7. The number of hydrazone groups is 1. The highest BCUT2D eigenvalue weighted by Gasteiger charge is 2.11. The molecule has 0 bridgehead atoms. The van der Waals surface area contributed by atoms with Gasteiger partial charge < -0.3 is 14.8 Å². The average Bonchev–Trinajstić information content (AvgIpc) is 3.02. The Morgan fingerprint density at radius 2 is 1.61 bits per heavy atom. The smallest absolute Gasteiger partial charge is 0.336 e. The van der Waals surface area contributed by atoms with Gasteiger partial charge in [-0.1, -0.05) is 22.0 Å². The van der Waals surface area contributed by atoms with Crippen LogP contribution < -0.4 is 20.2 Å². The molecule has 0 aliphatic heterocycles. The summed E-state index contributed by atoms with van der Waals surface area (Å²) < 4.78 is 11.9. The first-order chi connectivity index (χ1) is 21.2. The lowest BCUT2D eigenvalue weighted by atomic mass is 10.1. The number of carbonyl (C=O) groups excluding carboxylic acids is 3. The van der Waals surface area contributed by atoms with E-state index < -0.39 is 16.8 Å². The van der Waals surface area contributed by atoms with Crippen molar-refractivity contribution in [3.05, 3.63) is 134 Å². The molecule has 12 heteroatoms. The number of non-ortho nitro benzene ring substituents is 1. The highest BCUT2D eigenvalue weighted by molar-refractivity contribution is 9.10. The number of hydrogen-bond acceptors (Lipinski definition) is 8. The van der Waals surface area contributed by atoms with Crippen LogP contribution in [0.25, 0.3) is 6.08 Å². The van der Waals surface area contributed by atoms with Crippen molar-refractivity contribution in [1.29, 1.82) is 0 Å². The molecule has 222 valence electrons. The number of nitro groups is 1. The zero-order valence-electron chi connectivity index (χ0n) is 23.2. The second-order valence-electron chi connectivity index (χ2n) is 8.98. The Hall–Kier alpha value is -5.62. The number of halogens is 1. The van der Waals surface area contributed by atoms with E-state index >= 15 is 0 Å². The van der Waals surface area contributed by atoms with E-state index in [9.17, 15) is 24.5 Å². The number of benzene rings is 4. The van der Waals surface area contributed by atoms with Crippen LogP contribution in [0.1, 0.15) is 38.8 Å². The number of rotatable bonds is 11. The number of anilines is 1. The van der Waals surface area contributed by atoms with E-state index in [0.717, 1.165) is 4.47 Å². The minimum absolute atomic E-state index is 0.0538. The summed E-state index contributed by atoms with van der Waals surface area (Å²) in [6, 6.07) is 23.8. The van der Waals surface area contributed by atoms with Crippen LogP contribution in [-0.4, -0.2) is 35.5 Å². The van der Waals surface area contributed by atoms with E-state index in [1.54, 1.807) is 61.5 Å². The monoisotopic (exact) mass is 656 g/mol. The van der Waals surface area contributed by atoms with E-state index in [0.29, 0.717) is 29.0 Å². The molecule has 0 radical (unpaired) electrons. The largest absolute Gasteiger partial charge is 0.490 e. The van der Waals surface area contributed by atoms with Crippen molar-refractivity contribution < 1.29 is 28.8 Å². The highest BCUT2D eigenvalue weighted by Crippen LogP contribution is 2.28. The van der Waals surface area contributed by atoms with Gasteiger partial charge in [0.15, 0.2) is 11.5 Å². The topological polar surface area (TPSA) is 149 Å². The lowest BCUT2D eigenvalue weighted by Gasteiger charge is -2.10. The number of nitrogens with one attached hydrogen (secondary N) is 2. The standard InChI is InChI=1S/C32H25BrN4O7/c1-2-43-29-18-22(8-16-28(29)44-30(38)17-9-21-6-14-27(15-7-21)37(41)42)20-34-36-32(40)24-4-3-5-26(19-24)35-31(39)23-10-12-25(33)13-11-23/h3-20H,2H2,1H3,(H,35,39)(H,36,40)/b17-9+,34-20?. The number of carbonyl (C=O) groups is 3. The van der Waals surface area contributed by atoms with Crippen LogP contribution in [0.2, 0.25) is 0 Å². The van der Waals surface area contributed by atoms with Gasteiger partial charge in [-0.2, -0.15) is 5.10 Å². The maximum absolute atomic E-state index is 12.7. The van der Waals surface area contributed by atoms with Crippen LogP contribution in [-0.2, 0) is 4.79 Å². The minimum atomic E-state index is -0.673. The minimum Gasteiger partial charge on any atom is -0.490 e. The molecule has 2 N–H and O–H groups in total. The fourth-order valence-electron chi connectivity index (χ4n) is 3.74. The Bertz CT molecular complexity index is 1740. The molecule has 44 heavy (non-hydrogen) atoms. The van der Waals surface area contributed by atoms with Gasteiger partial charge in [0.05, 0.1) is 17.7 Å². The Morgan fingerprint density at radius 3 is 2.32 bits per heavy atom. The van der Waals surface area contributed by atoms with Crippen LogP contribution in [0.5, 0.6) is 11.5 Å². The molecule has 0 heterocycles. The van der Waals surface area contributed by atoms with Gasteiger partial charge >= 0.3 is 5.97 Å². The molecule has 0 atom stereocenters. The fourth-order valence-corrected chi connectivity index (χ4v) is 4.01. The van der Waals surface area contributed by atoms with Crippen molar-refractivity contribution in [2.75, 3.05) is 11.9 Å². The van der Waals surface area contributed by atoms with E-state index in [-0.39, 0.29) is 28.7 Å². The summed E-state index contributed by atoms with van der Waals surface area (Å²) in [5.74, 6) is -1.01. The van der Waals surface area contributed by atoms with Gasteiger partial charge in [0.1, 0.15) is 0 Å². The normalized spacial score (nSPS) is 10.9. The van der Waals surface area contributed by atoms with Gasteiger partial charge in [0.2, 0.25) is 0 Å². The molecular formula is C32H25BrN4O7. The molecule has 0 saturated heterocycles. The highest BCUT2D eigenvalue weighted by atomic mass is 79.9. The number of nitro benzene ring substituents is 1. The first-order valence-electron chi connectivity index (χ1n) is 13.1. The quantitative estimate of drug-likeness (QED) is 0.0474. The zero-order valence-corrected chi connectivity index (χ0v) is 24.8.